The largest absolute Gasteiger partial charge is 0.383 e. The highest BCUT2D eigenvalue weighted by Crippen LogP contribution is 2.31. The number of carbonyl (C=O) groups is 2. The summed E-state index contributed by atoms with van der Waals surface area (Å²) in [6, 6.07) is 7.64. The van der Waals surface area contributed by atoms with E-state index >= 15 is 0 Å². The van der Waals surface area contributed by atoms with Crippen LogP contribution in [-0.4, -0.2) is 36.6 Å². The first-order valence-corrected chi connectivity index (χ1v) is 8.35. The van der Waals surface area contributed by atoms with Crippen molar-refractivity contribution in [1.29, 1.82) is 0 Å². The number of rotatable bonds is 7. The quantitative estimate of drug-likeness (QED) is 0.766. The molecule has 24 heavy (non-hydrogen) atoms. The average molecular weight is 329 g/mol. The van der Waals surface area contributed by atoms with Gasteiger partial charge in [-0.2, -0.15) is 0 Å². The van der Waals surface area contributed by atoms with E-state index in [-0.39, 0.29) is 17.7 Å². The molecule has 1 heterocycles. The van der Waals surface area contributed by atoms with Gasteiger partial charge in [-0.1, -0.05) is 0 Å². The van der Waals surface area contributed by atoms with Gasteiger partial charge in [0.1, 0.15) is 5.69 Å². The van der Waals surface area contributed by atoms with Crippen molar-refractivity contribution in [2.45, 2.75) is 26.3 Å². The van der Waals surface area contributed by atoms with Gasteiger partial charge in [-0.15, -0.1) is 0 Å². The fourth-order valence-electron chi connectivity index (χ4n) is 2.82. The van der Waals surface area contributed by atoms with Crippen LogP contribution in [0.15, 0.2) is 24.3 Å². The van der Waals surface area contributed by atoms with Crippen molar-refractivity contribution in [2.24, 2.45) is 5.92 Å². The van der Waals surface area contributed by atoms with Crippen LogP contribution in [-0.2, 0) is 16.1 Å². The number of nitrogens with zero attached hydrogens (tertiary/aromatic N) is 1. The number of hydrogen-bond acceptors (Lipinski definition) is 3. The summed E-state index contributed by atoms with van der Waals surface area (Å²) in [5.41, 5.74) is 2.38. The van der Waals surface area contributed by atoms with E-state index < -0.39 is 0 Å². The molecule has 0 unspecified atom stereocenters. The van der Waals surface area contributed by atoms with Crippen LogP contribution < -0.4 is 10.6 Å². The molecule has 2 amide bonds. The number of fused-ring (bicyclic) bond motifs is 1. The van der Waals surface area contributed by atoms with Crippen LogP contribution in [0.4, 0.5) is 5.69 Å². The number of aromatic nitrogens is 1. The lowest BCUT2D eigenvalue weighted by atomic mass is 10.2. The fourth-order valence-corrected chi connectivity index (χ4v) is 2.82. The summed E-state index contributed by atoms with van der Waals surface area (Å²) in [6.45, 7) is 3.66. The van der Waals surface area contributed by atoms with Crippen molar-refractivity contribution in [3.05, 3.63) is 30.0 Å². The highest BCUT2D eigenvalue weighted by molar-refractivity contribution is 6.01. The van der Waals surface area contributed by atoms with Gasteiger partial charge in [0, 0.05) is 42.7 Å². The number of anilines is 1. The van der Waals surface area contributed by atoms with Crippen molar-refractivity contribution < 1.29 is 14.3 Å². The summed E-state index contributed by atoms with van der Waals surface area (Å²) in [7, 11) is 1.60. The van der Waals surface area contributed by atoms with Crippen LogP contribution in [0.25, 0.3) is 10.9 Å². The molecule has 1 saturated carbocycles. The van der Waals surface area contributed by atoms with Crippen molar-refractivity contribution in [3.8, 4) is 0 Å². The third kappa shape index (κ3) is 3.43. The lowest BCUT2D eigenvalue weighted by molar-refractivity contribution is -0.117. The van der Waals surface area contributed by atoms with Crippen LogP contribution in [0, 0.1) is 5.92 Å². The smallest absolute Gasteiger partial charge is 0.268 e. The molecule has 3 rings (SSSR count). The van der Waals surface area contributed by atoms with E-state index in [1.807, 2.05) is 35.8 Å². The molecule has 0 spiro atoms. The minimum Gasteiger partial charge on any atom is -0.383 e. The number of nitrogens with one attached hydrogen (secondary N) is 2. The Hall–Kier alpha value is -2.34. The number of aryl methyl sites for hydroxylation is 1. The first kappa shape index (κ1) is 16.5. The Morgan fingerprint density at radius 2 is 2.08 bits per heavy atom. The predicted molar refractivity (Wildman–Crippen MR) is 93.2 cm³/mol. The van der Waals surface area contributed by atoms with E-state index in [9.17, 15) is 9.59 Å². The number of amides is 2. The van der Waals surface area contributed by atoms with Crippen LogP contribution in [0.5, 0.6) is 0 Å². The molecule has 6 heteroatoms. The molecule has 0 atom stereocenters. The molecule has 0 saturated heterocycles. The highest BCUT2D eigenvalue weighted by atomic mass is 16.5. The van der Waals surface area contributed by atoms with Gasteiger partial charge in [0.15, 0.2) is 0 Å². The van der Waals surface area contributed by atoms with E-state index in [4.69, 9.17) is 4.74 Å². The first-order valence-electron chi connectivity index (χ1n) is 8.35. The molecule has 0 aliphatic heterocycles. The summed E-state index contributed by atoms with van der Waals surface area (Å²) >= 11 is 0. The van der Waals surface area contributed by atoms with E-state index in [1.54, 1.807) is 7.11 Å². The molecular formula is C18H23N3O3. The first-order chi connectivity index (χ1) is 11.6. The molecule has 1 aromatic carbocycles. The molecule has 2 aromatic rings. The third-order valence-electron chi connectivity index (χ3n) is 4.26. The number of hydrogen-bond donors (Lipinski definition) is 2. The molecule has 2 N–H and O–H groups in total. The molecule has 128 valence electrons. The number of carbonyl (C=O) groups excluding carboxylic acids is 2. The Morgan fingerprint density at radius 3 is 2.75 bits per heavy atom. The van der Waals surface area contributed by atoms with Gasteiger partial charge < -0.3 is 19.9 Å². The number of benzene rings is 1. The number of ether oxygens (including phenoxy) is 1. The van der Waals surface area contributed by atoms with Crippen LogP contribution in [0.2, 0.25) is 0 Å². The van der Waals surface area contributed by atoms with Crippen molar-refractivity contribution in [2.75, 3.05) is 25.6 Å². The minimum atomic E-state index is -0.117. The molecule has 0 bridgehead atoms. The Labute approximate surface area is 141 Å². The average Bonchev–Trinajstić information content (AvgIpc) is 3.36. The zero-order valence-electron chi connectivity index (χ0n) is 14.1. The summed E-state index contributed by atoms with van der Waals surface area (Å²) in [5.74, 6) is 0.138. The van der Waals surface area contributed by atoms with Crippen LogP contribution in [0.1, 0.15) is 30.3 Å². The summed E-state index contributed by atoms with van der Waals surface area (Å²) in [4.78, 5) is 24.3. The van der Waals surface area contributed by atoms with Gasteiger partial charge in [0.2, 0.25) is 5.91 Å². The second kappa shape index (κ2) is 7.05. The second-order valence-electron chi connectivity index (χ2n) is 6.06. The zero-order chi connectivity index (χ0) is 17.1. The zero-order valence-corrected chi connectivity index (χ0v) is 14.1. The monoisotopic (exact) mass is 329 g/mol. The Kier molecular flexibility index (Phi) is 4.85. The molecule has 1 fully saturated rings. The van der Waals surface area contributed by atoms with Crippen molar-refractivity contribution >= 4 is 28.4 Å². The minimum absolute atomic E-state index is 0.0850. The topological polar surface area (TPSA) is 72.4 Å². The van der Waals surface area contributed by atoms with Gasteiger partial charge >= 0.3 is 0 Å². The summed E-state index contributed by atoms with van der Waals surface area (Å²) in [6.07, 6.45) is 1.96. The Balaban J connectivity index is 1.84. The number of methoxy groups -OCH3 is 1. The Morgan fingerprint density at radius 1 is 1.29 bits per heavy atom. The summed E-state index contributed by atoms with van der Waals surface area (Å²) < 4.78 is 6.94. The van der Waals surface area contributed by atoms with E-state index in [0.717, 1.165) is 29.4 Å². The van der Waals surface area contributed by atoms with Crippen LogP contribution >= 0.6 is 0 Å². The van der Waals surface area contributed by atoms with Crippen LogP contribution in [0.3, 0.4) is 0 Å². The molecule has 0 radical (unpaired) electrons. The Bertz CT molecular complexity index is 762. The van der Waals surface area contributed by atoms with E-state index in [2.05, 4.69) is 10.6 Å². The molecular weight excluding hydrogens is 306 g/mol. The highest BCUT2D eigenvalue weighted by Gasteiger charge is 2.29. The van der Waals surface area contributed by atoms with Gasteiger partial charge in [0.05, 0.1) is 6.61 Å². The van der Waals surface area contributed by atoms with E-state index in [1.165, 1.54) is 0 Å². The van der Waals surface area contributed by atoms with Gasteiger partial charge in [-0.05, 0) is 44.0 Å². The van der Waals surface area contributed by atoms with E-state index in [0.29, 0.717) is 25.4 Å². The lowest BCUT2D eigenvalue weighted by Gasteiger charge is -2.09. The second-order valence-corrected chi connectivity index (χ2v) is 6.06. The third-order valence-corrected chi connectivity index (χ3v) is 4.26. The SMILES string of the molecule is CCn1c(C(=O)NCCOC)cc2cc(NC(=O)C3CC3)ccc21. The molecule has 1 aliphatic carbocycles. The lowest BCUT2D eigenvalue weighted by Crippen LogP contribution is -2.28. The van der Waals surface area contributed by atoms with Gasteiger partial charge in [-0.25, -0.2) is 0 Å². The predicted octanol–water partition coefficient (Wildman–Crippen LogP) is 2.39. The standard InChI is InChI=1S/C18H23N3O3/c1-3-21-15-7-6-14(20-17(22)12-4-5-12)10-13(15)11-16(21)18(23)19-8-9-24-2/h6-7,10-12H,3-5,8-9H2,1-2H3,(H,19,23)(H,20,22). The molecule has 6 nitrogen and oxygen atoms in total. The molecule has 1 aliphatic rings. The van der Waals surface area contributed by atoms with Gasteiger partial charge in [-0.3, -0.25) is 9.59 Å². The summed E-state index contributed by atoms with van der Waals surface area (Å²) in [5, 5.41) is 6.75. The maximum atomic E-state index is 12.4. The maximum absolute atomic E-state index is 12.4. The molecule has 1 aromatic heterocycles. The maximum Gasteiger partial charge on any atom is 0.268 e. The van der Waals surface area contributed by atoms with Crippen molar-refractivity contribution in [3.63, 3.8) is 0 Å². The fraction of sp³-hybridized carbons (Fsp3) is 0.444. The normalized spacial score (nSPS) is 13.9. The van der Waals surface area contributed by atoms with Gasteiger partial charge in [0.25, 0.3) is 5.91 Å². The van der Waals surface area contributed by atoms with Crippen molar-refractivity contribution in [1.82, 2.24) is 9.88 Å².